The van der Waals surface area contributed by atoms with Gasteiger partial charge < -0.3 is 9.84 Å². The SMILES string of the molecule is C/C=C/[C@H](O)[C@H]1C=CC(=O)O1. The lowest BCUT2D eigenvalue weighted by molar-refractivity contribution is -0.141. The topological polar surface area (TPSA) is 46.5 Å². The highest BCUT2D eigenvalue weighted by Gasteiger charge is 2.22. The molecule has 0 fully saturated rings. The Morgan fingerprint density at radius 2 is 2.55 bits per heavy atom. The highest BCUT2D eigenvalue weighted by atomic mass is 16.6. The predicted molar refractivity (Wildman–Crippen MR) is 39.8 cm³/mol. The molecule has 0 radical (unpaired) electrons. The van der Waals surface area contributed by atoms with Crippen molar-refractivity contribution >= 4 is 5.97 Å². The minimum absolute atomic E-state index is 0.390. The van der Waals surface area contributed by atoms with E-state index in [1.165, 1.54) is 6.08 Å². The number of cyclic esters (lactones) is 1. The molecular weight excluding hydrogens is 144 g/mol. The Kier molecular flexibility index (Phi) is 2.44. The molecule has 0 amide bonds. The average Bonchev–Trinajstić information content (AvgIpc) is 2.36. The first-order chi connectivity index (χ1) is 5.24. The zero-order chi connectivity index (χ0) is 8.27. The maximum absolute atomic E-state index is 10.5. The molecule has 60 valence electrons. The molecule has 0 bridgehead atoms. The van der Waals surface area contributed by atoms with E-state index in [4.69, 9.17) is 4.74 Å². The van der Waals surface area contributed by atoms with E-state index in [2.05, 4.69) is 0 Å². The van der Waals surface area contributed by atoms with Crippen molar-refractivity contribution in [3.8, 4) is 0 Å². The lowest BCUT2D eigenvalue weighted by Gasteiger charge is -2.11. The number of hydrogen-bond acceptors (Lipinski definition) is 3. The number of esters is 1. The quantitative estimate of drug-likeness (QED) is 0.462. The molecule has 0 aromatic rings. The summed E-state index contributed by atoms with van der Waals surface area (Å²) < 4.78 is 4.72. The summed E-state index contributed by atoms with van der Waals surface area (Å²) in [6, 6.07) is 0. The molecule has 3 nitrogen and oxygen atoms in total. The van der Waals surface area contributed by atoms with Crippen molar-refractivity contribution < 1.29 is 14.6 Å². The minimum atomic E-state index is -0.720. The summed E-state index contributed by atoms with van der Waals surface area (Å²) in [6.45, 7) is 1.80. The van der Waals surface area contributed by atoms with Crippen molar-refractivity contribution in [1.29, 1.82) is 0 Å². The molecule has 0 saturated carbocycles. The Morgan fingerprint density at radius 3 is 3.00 bits per heavy atom. The van der Waals surface area contributed by atoms with Crippen molar-refractivity contribution in [2.75, 3.05) is 0 Å². The van der Waals surface area contributed by atoms with Gasteiger partial charge in [0.25, 0.3) is 0 Å². The second-order valence-corrected chi connectivity index (χ2v) is 2.28. The molecule has 0 unspecified atom stereocenters. The molecule has 0 aromatic heterocycles. The molecule has 3 heteroatoms. The van der Waals surface area contributed by atoms with E-state index >= 15 is 0 Å². The van der Waals surface area contributed by atoms with Gasteiger partial charge in [0.15, 0.2) is 6.10 Å². The molecular formula is C8H10O3. The highest BCUT2D eigenvalue weighted by Crippen LogP contribution is 2.09. The van der Waals surface area contributed by atoms with Gasteiger partial charge >= 0.3 is 5.97 Å². The van der Waals surface area contributed by atoms with E-state index < -0.39 is 18.2 Å². The van der Waals surface area contributed by atoms with Gasteiger partial charge in [0, 0.05) is 6.08 Å². The summed E-state index contributed by atoms with van der Waals surface area (Å²) in [5.41, 5.74) is 0. The van der Waals surface area contributed by atoms with Crippen molar-refractivity contribution in [2.45, 2.75) is 19.1 Å². The van der Waals surface area contributed by atoms with E-state index in [0.717, 1.165) is 0 Å². The molecule has 0 aliphatic carbocycles. The Bertz CT molecular complexity index is 205. The van der Waals surface area contributed by atoms with E-state index in [9.17, 15) is 9.90 Å². The Balaban J connectivity index is 2.50. The van der Waals surface area contributed by atoms with Crippen LogP contribution in [0, 0.1) is 0 Å². The number of allylic oxidation sites excluding steroid dienone is 1. The van der Waals surface area contributed by atoms with Crippen molar-refractivity contribution in [3.63, 3.8) is 0 Å². The van der Waals surface area contributed by atoms with Crippen LogP contribution in [0.15, 0.2) is 24.3 Å². The maximum atomic E-state index is 10.5. The number of carbonyl (C=O) groups excluding carboxylic acids is 1. The van der Waals surface area contributed by atoms with Crippen molar-refractivity contribution in [2.24, 2.45) is 0 Å². The summed E-state index contributed by atoms with van der Waals surface area (Å²) >= 11 is 0. The number of aliphatic hydroxyl groups excluding tert-OH is 1. The van der Waals surface area contributed by atoms with Gasteiger partial charge in [-0.3, -0.25) is 0 Å². The van der Waals surface area contributed by atoms with Gasteiger partial charge in [0.1, 0.15) is 6.10 Å². The van der Waals surface area contributed by atoms with Crippen molar-refractivity contribution in [1.82, 2.24) is 0 Å². The Morgan fingerprint density at radius 1 is 1.82 bits per heavy atom. The molecule has 1 rings (SSSR count). The molecule has 0 aromatic carbocycles. The summed E-state index contributed by atoms with van der Waals surface area (Å²) in [5, 5.41) is 9.25. The second-order valence-electron chi connectivity index (χ2n) is 2.28. The molecule has 1 N–H and O–H groups in total. The zero-order valence-electron chi connectivity index (χ0n) is 6.23. The molecule has 0 saturated heterocycles. The second kappa shape index (κ2) is 3.34. The summed E-state index contributed by atoms with van der Waals surface area (Å²) in [6.07, 6.45) is 4.93. The number of ether oxygens (including phenoxy) is 1. The fourth-order valence-electron chi connectivity index (χ4n) is 0.876. The third-order valence-corrected chi connectivity index (χ3v) is 1.40. The van der Waals surface area contributed by atoms with Gasteiger partial charge in [-0.1, -0.05) is 12.2 Å². The van der Waals surface area contributed by atoms with E-state index in [1.807, 2.05) is 0 Å². The van der Waals surface area contributed by atoms with E-state index in [0.29, 0.717) is 0 Å². The third kappa shape index (κ3) is 1.91. The van der Waals surface area contributed by atoms with E-state index in [-0.39, 0.29) is 0 Å². The van der Waals surface area contributed by atoms with Crippen LogP contribution in [-0.2, 0) is 9.53 Å². The first-order valence-electron chi connectivity index (χ1n) is 3.43. The van der Waals surface area contributed by atoms with Crippen LogP contribution < -0.4 is 0 Å². The minimum Gasteiger partial charge on any atom is -0.452 e. The number of aliphatic hydroxyl groups is 1. The molecule has 1 heterocycles. The van der Waals surface area contributed by atoms with Crippen LogP contribution >= 0.6 is 0 Å². The van der Waals surface area contributed by atoms with Crippen LogP contribution in [0.1, 0.15) is 6.92 Å². The van der Waals surface area contributed by atoms with Crippen LogP contribution in [0.5, 0.6) is 0 Å². The van der Waals surface area contributed by atoms with Gasteiger partial charge in [0.2, 0.25) is 0 Å². The highest BCUT2D eigenvalue weighted by molar-refractivity contribution is 5.84. The normalized spacial score (nSPS) is 26.0. The largest absolute Gasteiger partial charge is 0.452 e. The first kappa shape index (κ1) is 8.01. The van der Waals surface area contributed by atoms with Gasteiger partial charge in [-0.05, 0) is 13.0 Å². The van der Waals surface area contributed by atoms with Crippen LogP contribution in [-0.4, -0.2) is 23.3 Å². The number of carbonyl (C=O) groups is 1. The molecule has 1 aliphatic heterocycles. The fraction of sp³-hybridized carbons (Fsp3) is 0.375. The standard InChI is InChI=1S/C8H10O3/c1-2-3-6(9)7-4-5-8(10)11-7/h2-7,9H,1H3/b3-2+/t6-,7+/m0/s1. The van der Waals surface area contributed by atoms with Crippen LogP contribution in [0.25, 0.3) is 0 Å². The van der Waals surface area contributed by atoms with Gasteiger partial charge in [-0.2, -0.15) is 0 Å². The lowest BCUT2D eigenvalue weighted by Crippen LogP contribution is -2.23. The molecule has 0 spiro atoms. The Hall–Kier alpha value is -1.09. The monoisotopic (exact) mass is 154 g/mol. The number of hydrogen-bond donors (Lipinski definition) is 1. The van der Waals surface area contributed by atoms with Crippen molar-refractivity contribution in [3.05, 3.63) is 24.3 Å². The lowest BCUT2D eigenvalue weighted by atomic mass is 10.2. The molecule has 1 aliphatic rings. The number of rotatable bonds is 2. The van der Waals surface area contributed by atoms with Gasteiger partial charge in [-0.15, -0.1) is 0 Å². The first-order valence-corrected chi connectivity index (χ1v) is 3.43. The predicted octanol–water partition coefficient (Wildman–Crippen LogP) is 0.405. The van der Waals surface area contributed by atoms with Crippen LogP contribution in [0.3, 0.4) is 0 Å². The zero-order valence-corrected chi connectivity index (χ0v) is 6.23. The van der Waals surface area contributed by atoms with Gasteiger partial charge in [0.05, 0.1) is 0 Å². The Labute approximate surface area is 65.0 Å². The summed E-state index contributed by atoms with van der Waals surface area (Å²) in [7, 11) is 0. The van der Waals surface area contributed by atoms with E-state index in [1.54, 1.807) is 25.2 Å². The average molecular weight is 154 g/mol. The third-order valence-electron chi connectivity index (χ3n) is 1.40. The fourth-order valence-corrected chi connectivity index (χ4v) is 0.876. The van der Waals surface area contributed by atoms with Gasteiger partial charge in [-0.25, -0.2) is 4.79 Å². The maximum Gasteiger partial charge on any atom is 0.331 e. The molecule has 2 atom stereocenters. The summed E-state index contributed by atoms with van der Waals surface area (Å²) in [5.74, 6) is -0.390. The van der Waals surface area contributed by atoms with Crippen LogP contribution in [0.2, 0.25) is 0 Å². The summed E-state index contributed by atoms with van der Waals surface area (Å²) in [4.78, 5) is 10.5. The van der Waals surface area contributed by atoms with Crippen LogP contribution in [0.4, 0.5) is 0 Å². The molecule has 11 heavy (non-hydrogen) atoms. The smallest absolute Gasteiger partial charge is 0.331 e.